The molecule has 0 heterocycles. The molecule has 2 atom stereocenters. The second-order valence-corrected chi connectivity index (χ2v) is 5.75. The number of aldehydes is 1. The number of allylic oxidation sites excluding steroid dienone is 2. The average Bonchev–Trinajstić information content (AvgIpc) is 2.43. The van der Waals surface area contributed by atoms with E-state index in [1.807, 2.05) is 25.1 Å². The van der Waals surface area contributed by atoms with E-state index in [2.05, 4.69) is 32.9 Å². The predicted octanol–water partition coefficient (Wildman–Crippen LogP) is 4.53. The van der Waals surface area contributed by atoms with Gasteiger partial charge in [0.05, 0.1) is 11.6 Å². The van der Waals surface area contributed by atoms with E-state index in [1.165, 1.54) is 16.7 Å². The Bertz CT molecular complexity index is 533. The molecular weight excluding hydrogens is 246 g/mol. The molecule has 1 rings (SSSR count). The number of nitriles is 1. The van der Waals surface area contributed by atoms with Gasteiger partial charge in [-0.15, -0.1) is 0 Å². The Labute approximate surface area is 122 Å². The van der Waals surface area contributed by atoms with Crippen LogP contribution in [0.15, 0.2) is 29.8 Å². The fourth-order valence-electron chi connectivity index (χ4n) is 2.38. The molecule has 0 aliphatic heterocycles. The minimum absolute atomic E-state index is 0.0377. The predicted molar refractivity (Wildman–Crippen MR) is 82.5 cm³/mol. The van der Waals surface area contributed by atoms with Crippen LogP contribution in [0.1, 0.15) is 56.2 Å². The molecule has 0 aliphatic carbocycles. The monoisotopic (exact) mass is 269 g/mol. The van der Waals surface area contributed by atoms with Crippen LogP contribution >= 0.6 is 0 Å². The molecule has 2 heteroatoms. The molecule has 0 saturated heterocycles. The molecule has 2 unspecified atom stereocenters. The van der Waals surface area contributed by atoms with Gasteiger partial charge in [-0.1, -0.05) is 24.6 Å². The van der Waals surface area contributed by atoms with Crippen molar-refractivity contribution in [2.45, 2.75) is 46.5 Å². The van der Waals surface area contributed by atoms with Crippen LogP contribution in [-0.4, -0.2) is 6.29 Å². The van der Waals surface area contributed by atoms with Gasteiger partial charge in [0.2, 0.25) is 0 Å². The van der Waals surface area contributed by atoms with Crippen LogP contribution in [0.3, 0.4) is 0 Å². The van der Waals surface area contributed by atoms with Gasteiger partial charge in [0.1, 0.15) is 6.29 Å². The zero-order chi connectivity index (χ0) is 15.1. The highest BCUT2D eigenvalue weighted by Gasteiger charge is 2.16. The molecular formula is C18H23NO. The molecule has 0 fully saturated rings. The maximum atomic E-state index is 11.0. The van der Waals surface area contributed by atoms with Crippen molar-refractivity contribution < 1.29 is 4.79 Å². The van der Waals surface area contributed by atoms with Gasteiger partial charge in [-0.2, -0.15) is 5.26 Å². The van der Waals surface area contributed by atoms with Gasteiger partial charge in [-0.3, -0.25) is 0 Å². The Hall–Kier alpha value is -1.88. The highest BCUT2D eigenvalue weighted by atomic mass is 16.1. The van der Waals surface area contributed by atoms with E-state index in [-0.39, 0.29) is 5.92 Å². The molecule has 0 saturated carbocycles. The van der Waals surface area contributed by atoms with Crippen molar-refractivity contribution in [3.8, 4) is 6.07 Å². The van der Waals surface area contributed by atoms with Crippen LogP contribution in [-0.2, 0) is 4.79 Å². The van der Waals surface area contributed by atoms with E-state index in [0.29, 0.717) is 11.5 Å². The Balaban J connectivity index is 3.11. The summed E-state index contributed by atoms with van der Waals surface area (Å²) in [6.07, 6.45) is 4.96. The number of benzene rings is 1. The molecule has 0 radical (unpaired) electrons. The number of rotatable bonds is 6. The van der Waals surface area contributed by atoms with Crippen molar-refractivity contribution in [2.75, 3.05) is 0 Å². The van der Waals surface area contributed by atoms with E-state index in [4.69, 9.17) is 5.26 Å². The lowest BCUT2D eigenvalue weighted by atomic mass is 9.84. The Morgan fingerprint density at radius 2 is 2.10 bits per heavy atom. The lowest BCUT2D eigenvalue weighted by molar-refractivity contribution is -0.110. The third-order valence-electron chi connectivity index (χ3n) is 3.55. The molecule has 1 aromatic carbocycles. The van der Waals surface area contributed by atoms with Crippen LogP contribution in [0.4, 0.5) is 0 Å². The normalized spacial score (nSPS) is 13.2. The maximum absolute atomic E-state index is 11.0. The van der Waals surface area contributed by atoms with Crippen LogP contribution in [0.5, 0.6) is 0 Å². The van der Waals surface area contributed by atoms with E-state index >= 15 is 0 Å². The summed E-state index contributed by atoms with van der Waals surface area (Å²) in [5, 5.41) is 9.06. The number of aryl methyl sites for hydroxylation is 1. The Morgan fingerprint density at radius 3 is 2.65 bits per heavy atom. The summed E-state index contributed by atoms with van der Waals surface area (Å²) in [5.41, 5.74) is 4.35. The fraction of sp³-hybridized carbons (Fsp3) is 0.444. The minimum Gasteiger partial charge on any atom is -0.303 e. The first-order valence-electron chi connectivity index (χ1n) is 7.07. The zero-order valence-corrected chi connectivity index (χ0v) is 12.8. The topological polar surface area (TPSA) is 40.9 Å². The van der Waals surface area contributed by atoms with E-state index < -0.39 is 0 Å². The SMILES string of the molecule is CC(C)=CCC(CC(C)C=O)c1cc(C#N)ccc1C. The van der Waals surface area contributed by atoms with Crippen molar-refractivity contribution in [1.82, 2.24) is 0 Å². The Morgan fingerprint density at radius 1 is 1.40 bits per heavy atom. The molecule has 106 valence electrons. The third kappa shape index (κ3) is 4.66. The van der Waals surface area contributed by atoms with Gasteiger partial charge < -0.3 is 4.79 Å². The largest absolute Gasteiger partial charge is 0.303 e. The van der Waals surface area contributed by atoms with Crippen molar-refractivity contribution in [2.24, 2.45) is 5.92 Å². The lowest BCUT2D eigenvalue weighted by Gasteiger charge is -2.20. The van der Waals surface area contributed by atoms with E-state index in [0.717, 1.165) is 19.1 Å². The first-order valence-corrected chi connectivity index (χ1v) is 7.07. The van der Waals surface area contributed by atoms with E-state index in [1.54, 1.807) is 0 Å². The number of hydrogen-bond acceptors (Lipinski definition) is 2. The molecule has 0 aromatic heterocycles. The van der Waals surface area contributed by atoms with Crippen LogP contribution in [0.25, 0.3) is 0 Å². The number of hydrogen-bond donors (Lipinski definition) is 0. The number of carbonyl (C=O) groups is 1. The molecule has 0 amide bonds. The summed E-state index contributed by atoms with van der Waals surface area (Å²) in [6.45, 7) is 8.18. The molecule has 20 heavy (non-hydrogen) atoms. The lowest BCUT2D eigenvalue weighted by Crippen LogP contribution is -2.08. The summed E-state index contributed by atoms with van der Waals surface area (Å²) in [6, 6.07) is 8.01. The molecule has 0 N–H and O–H groups in total. The third-order valence-corrected chi connectivity index (χ3v) is 3.55. The second-order valence-electron chi connectivity index (χ2n) is 5.75. The van der Waals surface area contributed by atoms with Crippen molar-refractivity contribution in [1.29, 1.82) is 5.26 Å². The first-order chi connectivity index (χ1) is 9.47. The minimum atomic E-state index is 0.0377. The van der Waals surface area contributed by atoms with Crippen molar-refractivity contribution in [3.05, 3.63) is 46.5 Å². The summed E-state index contributed by atoms with van der Waals surface area (Å²) >= 11 is 0. The quantitative estimate of drug-likeness (QED) is 0.562. The molecule has 0 aliphatic rings. The summed E-state index contributed by atoms with van der Waals surface area (Å²) < 4.78 is 0. The van der Waals surface area contributed by atoms with Crippen molar-refractivity contribution in [3.63, 3.8) is 0 Å². The average molecular weight is 269 g/mol. The van der Waals surface area contributed by atoms with Gasteiger partial charge in [-0.25, -0.2) is 0 Å². The highest BCUT2D eigenvalue weighted by molar-refractivity contribution is 5.53. The molecule has 1 aromatic rings. The standard InChI is InChI=1S/C18H23NO/c1-13(2)5-8-17(9-14(3)12-20)18-10-16(11-19)7-6-15(18)4/h5-7,10,12,14,17H,8-9H2,1-4H3. The van der Waals surface area contributed by atoms with Gasteiger partial charge in [0.15, 0.2) is 0 Å². The Kier molecular flexibility index (Phi) is 6.18. The van der Waals surface area contributed by atoms with Gasteiger partial charge in [0, 0.05) is 5.92 Å². The van der Waals surface area contributed by atoms with Crippen LogP contribution in [0.2, 0.25) is 0 Å². The zero-order valence-electron chi connectivity index (χ0n) is 12.8. The van der Waals surface area contributed by atoms with E-state index in [9.17, 15) is 4.79 Å². The van der Waals surface area contributed by atoms with Crippen LogP contribution in [0, 0.1) is 24.2 Å². The fourth-order valence-corrected chi connectivity index (χ4v) is 2.38. The van der Waals surface area contributed by atoms with Gasteiger partial charge >= 0.3 is 0 Å². The van der Waals surface area contributed by atoms with Gasteiger partial charge in [-0.05, 0) is 62.8 Å². The number of carbonyl (C=O) groups excluding carboxylic acids is 1. The first kappa shape index (κ1) is 16.2. The smallest absolute Gasteiger partial charge is 0.122 e. The van der Waals surface area contributed by atoms with Gasteiger partial charge in [0.25, 0.3) is 0 Å². The highest BCUT2D eigenvalue weighted by Crippen LogP contribution is 2.30. The van der Waals surface area contributed by atoms with Crippen molar-refractivity contribution >= 4 is 6.29 Å². The summed E-state index contributed by atoms with van der Waals surface area (Å²) in [7, 11) is 0. The summed E-state index contributed by atoms with van der Waals surface area (Å²) in [5.74, 6) is 0.328. The second kappa shape index (κ2) is 7.65. The number of nitrogens with zero attached hydrogens (tertiary/aromatic N) is 1. The summed E-state index contributed by atoms with van der Waals surface area (Å²) in [4.78, 5) is 11.0. The maximum Gasteiger partial charge on any atom is 0.122 e. The van der Waals surface area contributed by atoms with Crippen LogP contribution < -0.4 is 0 Å². The molecule has 0 bridgehead atoms. The molecule has 2 nitrogen and oxygen atoms in total. The molecule has 0 spiro atoms.